The van der Waals surface area contributed by atoms with Crippen LogP contribution in [0.15, 0.2) is 42.5 Å². The first-order valence-corrected chi connectivity index (χ1v) is 6.87. The second kappa shape index (κ2) is 6.64. The van der Waals surface area contributed by atoms with Crippen LogP contribution in [0, 0.1) is 10.1 Å². The van der Waals surface area contributed by atoms with Gasteiger partial charge in [-0.25, -0.2) is 0 Å². The minimum atomic E-state index is -4.78. The Hall–Kier alpha value is -1.99. The van der Waals surface area contributed by atoms with E-state index in [0.29, 0.717) is 0 Å². The molecule has 4 nitrogen and oxygen atoms in total. The van der Waals surface area contributed by atoms with Crippen molar-refractivity contribution < 1.29 is 22.8 Å². The lowest BCUT2D eigenvalue weighted by molar-refractivity contribution is -0.384. The van der Waals surface area contributed by atoms with Gasteiger partial charge in [0.25, 0.3) is 5.69 Å². The van der Waals surface area contributed by atoms with Crippen molar-refractivity contribution in [3.8, 4) is 5.75 Å². The molecule has 2 aromatic rings. The van der Waals surface area contributed by atoms with Crippen molar-refractivity contribution in [2.45, 2.75) is 12.3 Å². The number of nitro benzene ring substituents is 1. The van der Waals surface area contributed by atoms with Crippen LogP contribution in [0.5, 0.6) is 5.75 Å². The Kier molecular flexibility index (Phi) is 5.01. The maximum absolute atomic E-state index is 13.3. The van der Waals surface area contributed by atoms with Crippen LogP contribution in [-0.2, 0) is 0 Å². The molecule has 0 heterocycles. The van der Waals surface area contributed by atoms with Crippen molar-refractivity contribution in [3.05, 3.63) is 68.2 Å². The van der Waals surface area contributed by atoms with Gasteiger partial charge in [-0.2, -0.15) is 13.2 Å². The van der Waals surface area contributed by atoms with Crippen molar-refractivity contribution in [2.75, 3.05) is 0 Å². The van der Waals surface area contributed by atoms with Gasteiger partial charge in [-0.15, -0.1) is 0 Å². The topological polar surface area (TPSA) is 52.4 Å². The smallest absolute Gasteiger partial charge is 0.429 e. The molecule has 0 amide bonds. The van der Waals surface area contributed by atoms with Gasteiger partial charge in [0.15, 0.2) is 0 Å². The van der Waals surface area contributed by atoms with Gasteiger partial charge in [0, 0.05) is 27.7 Å². The summed E-state index contributed by atoms with van der Waals surface area (Å²) in [7, 11) is 0. The highest BCUT2D eigenvalue weighted by atomic mass is 35.5. The molecule has 0 N–H and O–H groups in total. The Labute approximate surface area is 138 Å². The summed E-state index contributed by atoms with van der Waals surface area (Å²) in [6, 6.07) is 8.16. The first-order valence-electron chi connectivity index (χ1n) is 6.12. The van der Waals surface area contributed by atoms with Gasteiger partial charge in [-0.1, -0.05) is 29.3 Å². The van der Waals surface area contributed by atoms with Crippen LogP contribution in [-0.4, -0.2) is 11.1 Å². The average Bonchev–Trinajstić information content (AvgIpc) is 2.45. The van der Waals surface area contributed by atoms with Gasteiger partial charge in [-0.05, 0) is 24.3 Å². The van der Waals surface area contributed by atoms with Crippen LogP contribution in [0.4, 0.5) is 18.9 Å². The number of rotatable bonds is 4. The molecule has 0 aliphatic heterocycles. The number of hydrogen-bond acceptors (Lipinski definition) is 3. The first kappa shape index (κ1) is 17.4. The fourth-order valence-corrected chi connectivity index (χ4v) is 2.43. The summed E-state index contributed by atoms with van der Waals surface area (Å²) in [4.78, 5) is 9.88. The quantitative estimate of drug-likeness (QED) is 0.524. The van der Waals surface area contributed by atoms with E-state index in [9.17, 15) is 23.3 Å². The summed E-state index contributed by atoms with van der Waals surface area (Å²) < 4.78 is 44.9. The number of ether oxygens (including phenoxy) is 1. The van der Waals surface area contributed by atoms with E-state index in [2.05, 4.69) is 0 Å². The van der Waals surface area contributed by atoms with Crippen LogP contribution in [0.1, 0.15) is 11.7 Å². The second-order valence-electron chi connectivity index (χ2n) is 4.43. The molecule has 0 aromatic heterocycles. The Morgan fingerprint density at radius 2 is 1.57 bits per heavy atom. The van der Waals surface area contributed by atoms with Crippen molar-refractivity contribution >= 4 is 28.9 Å². The van der Waals surface area contributed by atoms with E-state index in [-0.39, 0.29) is 21.5 Å². The Balaban J connectivity index is 2.39. The summed E-state index contributed by atoms with van der Waals surface area (Å²) in [5, 5.41) is 10.2. The molecule has 0 aliphatic carbocycles. The van der Waals surface area contributed by atoms with Crippen LogP contribution in [0.2, 0.25) is 10.0 Å². The fourth-order valence-electron chi connectivity index (χ4n) is 1.83. The molecule has 9 heteroatoms. The normalized spacial score (nSPS) is 12.7. The molecular weight excluding hydrogens is 358 g/mol. The standard InChI is InChI=1S/C14H8Cl2F3NO3/c15-10-2-1-3-11(16)12(10)13(14(17,18)19)23-9-6-4-8(5-7-9)20(21)22/h1-7,13H. The Bertz CT molecular complexity index is 700. The molecule has 1 atom stereocenters. The number of nitrogens with zero attached hydrogens (tertiary/aromatic N) is 1. The predicted molar refractivity (Wildman–Crippen MR) is 79.0 cm³/mol. The summed E-state index contributed by atoms with van der Waals surface area (Å²) >= 11 is 11.6. The Morgan fingerprint density at radius 1 is 1.04 bits per heavy atom. The summed E-state index contributed by atoms with van der Waals surface area (Å²) in [5.41, 5.74) is -0.682. The molecule has 2 rings (SSSR count). The highest BCUT2D eigenvalue weighted by Crippen LogP contribution is 2.42. The highest BCUT2D eigenvalue weighted by Gasteiger charge is 2.45. The molecule has 0 spiro atoms. The third-order valence-corrected chi connectivity index (χ3v) is 3.52. The zero-order valence-electron chi connectivity index (χ0n) is 11.2. The fraction of sp³-hybridized carbons (Fsp3) is 0.143. The number of halogens is 5. The monoisotopic (exact) mass is 365 g/mol. The number of alkyl halides is 3. The van der Waals surface area contributed by atoms with Gasteiger partial charge < -0.3 is 4.74 Å². The number of benzene rings is 2. The number of hydrogen-bond donors (Lipinski definition) is 0. The van der Waals surface area contributed by atoms with Gasteiger partial charge in [0.2, 0.25) is 6.10 Å². The summed E-state index contributed by atoms with van der Waals surface area (Å²) in [5.74, 6) is -0.200. The van der Waals surface area contributed by atoms with Crippen LogP contribution >= 0.6 is 23.2 Å². The summed E-state index contributed by atoms with van der Waals surface area (Å²) in [6.07, 6.45) is -7.18. The minimum Gasteiger partial charge on any atom is -0.476 e. The van der Waals surface area contributed by atoms with Gasteiger partial charge in [-0.3, -0.25) is 10.1 Å². The van der Waals surface area contributed by atoms with Crippen molar-refractivity contribution in [1.82, 2.24) is 0 Å². The maximum atomic E-state index is 13.3. The van der Waals surface area contributed by atoms with Crippen molar-refractivity contribution in [1.29, 1.82) is 0 Å². The average molecular weight is 366 g/mol. The van der Waals surface area contributed by atoms with E-state index < -0.39 is 22.8 Å². The lowest BCUT2D eigenvalue weighted by Gasteiger charge is -2.23. The molecule has 0 fully saturated rings. The number of nitro groups is 1. The second-order valence-corrected chi connectivity index (χ2v) is 5.24. The van der Waals surface area contributed by atoms with Crippen molar-refractivity contribution in [2.24, 2.45) is 0 Å². The molecule has 23 heavy (non-hydrogen) atoms. The van der Waals surface area contributed by atoms with E-state index in [0.717, 1.165) is 24.3 Å². The van der Waals surface area contributed by atoms with Crippen molar-refractivity contribution in [3.63, 3.8) is 0 Å². The van der Waals surface area contributed by atoms with Gasteiger partial charge in [0.1, 0.15) is 5.75 Å². The molecule has 2 aromatic carbocycles. The molecule has 0 aliphatic rings. The summed E-state index contributed by atoms with van der Waals surface area (Å²) in [6.45, 7) is 0. The molecule has 0 radical (unpaired) electrons. The molecule has 0 saturated carbocycles. The molecule has 0 bridgehead atoms. The SMILES string of the molecule is O=[N+]([O-])c1ccc(OC(c2c(Cl)cccc2Cl)C(F)(F)F)cc1. The highest BCUT2D eigenvalue weighted by molar-refractivity contribution is 6.36. The van der Waals surface area contributed by atoms with E-state index in [1.807, 2.05) is 0 Å². The molecule has 1 unspecified atom stereocenters. The third-order valence-electron chi connectivity index (χ3n) is 2.86. The largest absolute Gasteiger partial charge is 0.476 e. The maximum Gasteiger partial charge on any atom is 0.429 e. The molecule has 122 valence electrons. The van der Waals surface area contributed by atoms with Crippen LogP contribution in [0.25, 0.3) is 0 Å². The first-order chi connectivity index (χ1) is 10.7. The van der Waals surface area contributed by atoms with E-state index in [1.54, 1.807) is 0 Å². The van der Waals surface area contributed by atoms with Crippen LogP contribution in [0.3, 0.4) is 0 Å². The lowest BCUT2D eigenvalue weighted by atomic mass is 10.1. The zero-order chi connectivity index (χ0) is 17.2. The van der Waals surface area contributed by atoms with Gasteiger partial charge >= 0.3 is 6.18 Å². The van der Waals surface area contributed by atoms with E-state index in [4.69, 9.17) is 27.9 Å². The third kappa shape index (κ3) is 4.05. The zero-order valence-corrected chi connectivity index (χ0v) is 12.7. The van der Waals surface area contributed by atoms with E-state index >= 15 is 0 Å². The molecule has 0 saturated heterocycles. The van der Waals surface area contributed by atoms with Gasteiger partial charge in [0.05, 0.1) is 4.92 Å². The minimum absolute atomic E-state index is 0.193. The Morgan fingerprint density at radius 3 is 2.00 bits per heavy atom. The lowest BCUT2D eigenvalue weighted by Crippen LogP contribution is -2.26. The van der Waals surface area contributed by atoms with Crippen LogP contribution < -0.4 is 4.74 Å². The van der Waals surface area contributed by atoms with E-state index in [1.165, 1.54) is 18.2 Å². The predicted octanol–water partition coefficient (Wildman–Crippen LogP) is 5.58. The number of non-ortho nitro benzene ring substituents is 1. The molecular formula is C14H8Cl2F3NO3.